The van der Waals surface area contributed by atoms with Crippen LogP contribution >= 0.6 is 11.3 Å². The third-order valence-corrected chi connectivity index (χ3v) is 3.90. The average Bonchev–Trinajstić information content (AvgIpc) is 2.91. The van der Waals surface area contributed by atoms with Crippen LogP contribution in [-0.2, 0) is 9.53 Å². The molecule has 1 aromatic rings. The summed E-state index contributed by atoms with van der Waals surface area (Å²) in [5.74, 6) is -0.0542. The van der Waals surface area contributed by atoms with Crippen LogP contribution in [0, 0.1) is 5.92 Å². The van der Waals surface area contributed by atoms with Crippen LogP contribution in [0.3, 0.4) is 0 Å². The number of carbonyl (C=O) groups excluding carboxylic acids is 2. The summed E-state index contributed by atoms with van der Waals surface area (Å²) >= 11 is 1.36. The number of amides is 1. The summed E-state index contributed by atoms with van der Waals surface area (Å²) in [7, 11) is 0. The van der Waals surface area contributed by atoms with Gasteiger partial charge in [0.25, 0.3) is 0 Å². The first kappa shape index (κ1) is 11.6. The minimum atomic E-state index is -0.395. The highest BCUT2D eigenvalue weighted by Crippen LogP contribution is 2.32. The van der Waals surface area contributed by atoms with E-state index in [0.29, 0.717) is 24.8 Å². The maximum absolute atomic E-state index is 11.7. The number of esters is 1. The average molecular weight is 266 g/mol. The lowest BCUT2D eigenvalue weighted by atomic mass is 10.1. The largest absolute Gasteiger partial charge is 0.461 e. The van der Waals surface area contributed by atoms with Gasteiger partial charge in [-0.15, -0.1) is 11.3 Å². The zero-order valence-electron chi connectivity index (χ0n) is 9.87. The molecule has 1 aliphatic carbocycles. The van der Waals surface area contributed by atoms with Crippen LogP contribution in [0.2, 0.25) is 0 Å². The van der Waals surface area contributed by atoms with E-state index in [-0.39, 0.29) is 11.8 Å². The van der Waals surface area contributed by atoms with Crippen molar-refractivity contribution in [3.63, 3.8) is 0 Å². The molecule has 0 unspecified atom stereocenters. The molecule has 2 aliphatic rings. The van der Waals surface area contributed by atoms with Crippen molar-refractivity contribution in [2.75, 3.05) is 13.2 Å². The lowest BCUT2D eigenvalue weighted by molar-refractivity contribution is -0.128. The van der Waals surface area contributed by atoms with E-state index in [4.69, 9.17) is 4.74 Å². The van der Waals surface area contributed by atoms with Crippen molar-refractivity contribution in [3.05, 3.63) is 16.6 Å². The van der Waals surface area contributed by atoms with Crippen LogP contribution in [0.4, 0.5) is 0 Å². The first-order valence-corrected chi connectivity index (χ1v) is 7.03. The second-order valence-electron chi connectivity index (χ2n) is 4.82. The molecule has 0 radical (unpaired) electrons. The number of likely N-dealkylation sites (tertiary alicyclic amines) is 1. The first-order valence-electron chi connectivity index (χ1n) is 6.09. The van der Waals surface area contributed by atoms with E-state index < -0.39 is 5.97 Å². The van der Waals surface area contributed by atoms with E-state index in [1.807, 2.05) is 4.90 Å². The molecule has 5 nitrogen and oxygen atoms in total. The van der Waals surface area contributed by atoms with Crippen molar-refractivity contribution < 1.29 is 14.3 Å². The Labute approximate surface area is 109 Å². The van der Waals surface area contributed by atoms with Gasteiger partial charge >= 0.3 is 5.97 Å². The van der Waals surface area contributed by atoms with Crippen molar-refractivity contribution in [2.24, 2.45) is 5.92 Å². The predicted molar refractivity (Wildman–Crippen MR) is 65.2 cm³/mol. The topological polar surface area (TPSA) is 59.5 Å². The van der Waals surface area contributed by atoms with E-state index in [0.717, 1.165) is 19.4 Å². The molecule has 1 atom stereocenters. The summed E-state index contributed by atoms with van der Waals surface area (Å²) in [6.45, 7) is 1.04. The Balaban J connectivity index is 1.49. The Kier molecular flexibility index (Phi) is 3.03. The molecule has 96 valence electrons. The fraction of sp³-hybridized carbons (Fsp3) is 0.583. The van der Waals surface area contributed by atoms with E-state index in [2.05, 4.69) is 4.98 Å². The summed E-state index contributed by atoms with van der Waals surface area (Å²) in [6.07, 6.45) is 2.75. The van der Waals surface area contributed by atoms with Crippen molar-refractivity contribution in [3.8, 4) is 0 Å². The second kappa shape index (κ2) is 4.68. The molecule has 1 aromatic heterocycles. The smallest absolute Gasteiger partial charge is 0.357 e. The molecule has 0 N–H and O–H groups in total. The minimum Gasteiger partial charge on any atom is -0.461 e. The number of carbonyl (C=O) groups is 2. The predicted octanol–water partition coefficient (Wildman–Crippen LogP) is 1.31. The molecule has 2 fully saturated rings. The maximum atomic E-state index is 11.7. The molecular formula is C12H14N2O3S. The van der Waals surface area contributed by atoms with Crippen molar-refractivity contribution >= 4 is 23.2 Å². The van der Waals surface area contributed by atoms with Crippen LogP contribution in [0.25, 0.3) is 0 Å². The molecule has 0 spiro atoms. The second-order valence-corrected chi connectivity index (χ2v) is 5.54. The molecule has 0 bridgehead atoms. The highest BCUT2D eigenvalue weighted by atomic mass is 32.1. The van der Waals surface area contributed by atoms with Crippen LogP contribution < -0.4 is 0 Å². The maximum Gasteiger partial charge on any atom is 0.357 e. The zero-order chi connectivity index (χ0) is 12.5. The highest BCUT2D eigenvalue weighted by Gasteiger charge is 2.39. The summed E-state index contributed by atoms with van der Waals surface area (Å²) in [5.41, 5.74) is 1.95. The fourth-order valence-electron chi connectivity index (χ4n) is 2.24. The van der Waals surface area contributed by atoms with E-state index in [9.17, 15) is 9.59 Å². The molecule has 0 aromatic carbocycles. The summed E-state index contributed by atoms with van der Waals surface area (Å²) in [4.78, 5) is 29.1. The van der Waals surface area contributed by atoms with Gasteiger partial charge in [-0.2, -0.15) is 0 Å². The van der Waals surface area contributed by atoms with Gasteiger partial charge in [-0.05, 0) is 12.8 Å². The van der Waals surface area contributed by atoms with Gasteiger partial charge < -0.3 is 9.64 Å². The van der Waals surface area contributed by atoms with Crippen LogP contribution in [0.5, 0.6) is 0 Å². The summed E-state index contributed by atoms with van der Waals surface area (Å²) in [5, 5.41) is 1.67. The highest BCUT2D eigenvalue weighted by molar-refractivity contribution is 7.07. The van der Waals surface area contributed by atoms with Gasteiger partial charge in [-0.1, -0.05) is 0 Å². The Bertz CT molecular complexity index is 456. The van der Waals surface area contributed by atoms with Crippen molar-refractivity contribution in [1.82, 2.24) is 9.88 Å². The monoisotopic (exact) mass is 266 g/mol. The number of nitrogens with zero attached hydrogens (tertiary/aromatic N) is 2. The zero-order valence-corrected chi connectivity index (χ0v) is 10.7. The van der Waals surface area contributed by atoms with E-state index >= 15 is 0 Å². The third-order valence-electron chi connectivity index (χ3n) is 3.32. The molecule has 18 heavy (non-hydrogen) atoms. The SMILES string of the molecule is O=C(OC[C@H]1CC(=O)N(C2CC2)C1)c1cscn1. The van der Waals surface area contributed by atoms with Gasteiger partial charge in [0.2, 0.25) is 5.91 Å². The summed E-state index contributed by atoms with van der Waals surface area (Å²) < 4.78 is 5.19. The standard InChI is InChI=1S/C12H14N2O3S/c15-11-3-8(4-14(11)9-1-2-9)5-17-12(16)10-6-18-7-13-10/h6-9H,1-5H2/t8-/m0/s1. The number of thiazole rings is 1. The molecule has 1 saturated heterocycles. The fourth-order valence-corrected chi connectivity index (χ4v) is 2.76. The minimum absolute atomic E-state index is 0.140. The number of rotatable bonds is 4. The van der Waals surface area contributed by atoms with Gasteiger partial charge in [0.1, 0.15) is 0 Å². The molecular weight excluding hydrogens is 252 g/mol. The Morgan fingerprint density at radius 1 is 1.56 bits per heavy atom. The number of hydrogen-bond acceptors (Lipinski definition) is 5. The number of aromatic nitrogens is 1. The molecule has 6 heteroatoms. The van der Waals surface area contributed by atoms with Crippen molar-refractivity contribution in [1.29, 1.82) is 0 Å². The summed E-state index contributed by atoms with van der Waals surface area (Å²) in [6, 6.07) is 0.455. The number of ether oxygens (including phenoxy) is 1. The Morgan fingerprint density at radius 2 is 2.39 bits per heavy atom. The van der Waals surface area contributed by atoms with Gasteiger partial charge in [0.05, 0.1) is 12.1 Å². The van der Waals surface area contributed by atoms with Crippen LogP contribution in [0.1, 0.15) is 29.8 Å². The molecule has 1 amide bonds. The molecule has 1 aliphatic heterocycles. The lowest BCUT2D eigenvalue weighted by Gasteiger charge is -2.15. The quantitative estimate of drug-likeness (QED) is 0.771. The van der Waals surface area contributed by atoms with E-state index in [1.54, 1.807) is 10.9 Å². The van der Waals surface area contributed by atoms with Gasteiger partial charge in [-0.3, -0.25) is 4.79 Å². The Hall–Kier alpha value is -1.43. The molecule has 3 rings (SSSR count). The van der Waals surface area contributed by atoms with Crippen LogP contribution in [-0.4, -0.2) is 41.0 Å². The lowest BCUT2D eigenvalue weighted by Crippen LogP contribution is -2.27. The van der Waals surface area contributed by atoms with Gasteiger partial charge in [-0.25, -0.2) is 9.78 Å². The molecule has 1 saturated carbocycles. The first-order chi connectivity index (χ1) is 8.74. The van der Waals surface area contributed by atoms with Crippen LogP contribution in [0.15, 0.2) is 10.9 Å². The Morgan fingerprint density at radius 3 is 3.06 bits per heavy atom. The number of hydrogen-bond donors (Lipinski definition) is 0. The molecule has 2 heterocycles. The van der Waals surface area contributed by atoms with Crippen molar-refractivity contribution in [2.45, 2.75) is 25.3 Å². The van der Waals surface area contributed by atoms with Gasteiger partial charge in [0, 0.05) is 30.3 Å². The third kappa shape index (κ3) is 2.38. The normalized spacial score (nSPS) is 23.4. The van der Waals surface area contributed by atoms with E-state index in [1.165, 1.54) is 11.3 Å². The van der Waals surface area contributed by atoms with Gasteiger partial charge in [0.15, 0.2) is 5.69 Å².